The molecule has 0 amide bonds. The van der Waals surface area contributed by atoms with E-state index in [0.717, 1.165) is 12.1 Å². The van der Waals surface area contributed by atoms with Crippen LogP contribution in [0.15, 0.2) is 79.1 Å². The molecule has 4 aromatic carbocycles. The standard InChI is InChI=1S/C26H14O8.Mn/c27-11-1-3-13-15-7-17(21(29)9-19(15)25(31)33-23(13)5-11)18-8-16-14-4-2-12(28)6-24(14)34-26(32)20(16)10-22(18)30;/h1-10,27-30H;/p-2. The molecule has 2 aromatic heterocycles. The van der Waals surface area contributed by atoms with E-state index in [-0.39, 0.29) is 61.6 Å². The summed E-state index contributed by atoms with van der Waals surface area (Å²) in [6.45, 7) is 0. The predicted octanol–water partition coefficient (Wildman–Crippen LogP) is 3.43. The molecule has 8 nitrogen and oxygen atoms in total. The van der Waals surface area contributed by atoms with E-state index in [2.05, 4.69) is 0 Å². The van der Waals surface area contributed by atoms with E-state index in [1.165, 1.54) is 36.4 Å². The van der Waals surface area contributed by atoms with Crippen molar-refractivity contribution >= 4 is 43.5 Å². The summed E-state index contributed by atoms with van der Waals surface area (Å²) in [4.78, 5) is 24.9. The summed E-state index contributed by atoms with van der Waals surface area (Å²) >= 11 is 0. The number of phenols is 2. The second-order valence-electron chi connectivity index (χ2n) is 7.93. The van der Waals surface area contributed by atoms with Gasteiger partial charge in [0, 0.05) is 50.7 Å². The summed E-state index contributed by atoms with van der Waals surface area (Å²) in [6.07, 6.45) is 0. The normalized spacial score (nSPS) is 11.3. The monoisotopic (exact) mass is 507 g/mol. The Morgan fingerprint density at radius 1 is 0.543 bits per heavy atom. The van der Waals surface area contributed by atoms with Crippen molar-refractivity contribution in [2.24, 2.45) is 0 Å². The summed E-state index contributed by atoms with van der Waals surface area (Å²) in [5, 5.41) is 47.2. The average molecular weight is 507 g/mol. The Morgan fingerprint density at radius 2 is 0.943 bits per heavy atom. The molecule has 0 fully saturated rings. The number of fused-ring (bicyclic) bond motifs is 6. The number of hydrogen-bond acceptors (Lipinski definition) is 8. The van der Waals surface area contributed by atoms with Crippen molar-refractivity contribution < 1.29 is 46.3 Å². The van der Waals surface area contributed by atoms with Gasteiger partial charge in [-0.3, -0.25) is 0 Å². The first-order valence-corrected chi connectivity index (χ1v) is 10.1. The zero-order valence-corrected chi connectivity index (χ0v) is 18.7. The minimum Gasteiger partial charge on any atom is -0.872 e. The van der Waals surface area contributed by atoms with Gasteiger partial charge in [0.1, 0.15) is 22.7 Å². The molecule has 2 N–H and O–H groups in total. The Bertz CT molecular complexity index is 1810. The van der Waals surface area contributed by atoms with Crippen LogP contribution < -0.4 is 21.5 Å². The predicted molar refractivity (Wildman–Crippen MR) is 121 cm³/mol. The second kappa shape index (κ2) is 7.80. The van der Waals surface area contributed by atoms with Crippen molar-refractivity contribution in [2.45, 2.75) is 0 Å². The van der Waals surface area contributed by atoms with E-state index in [1.54, 1.807) is 12.1 Å². The molecule has 2 heterocycles. The third-order valence-corrected chi connectivity index (χ3v) is 5.89. The summed E-state index contributed by atoms with van der Waals surface area (Å²) in [5.41, 5.74) is -1.15. The van der Waals surface area contributed by atoms with Gasteiger partial charge in [-0.15, -0.1) is 11.5 Å². The van der Waals surface area contributed by atoms with Gasteiger partial charge in [-0.05, 0) is 47.5 Å². The van der Waals surface area contributed by atoms with E-state index in [0.29, 0.717) is 21.5 Å². The number of benzene rings is 4. The van der Waals surface area contributed by atoms with Crippen molar-refractivity contribution in [1.29, 1.82) is 0 Å². The largest absolute Gasteiger partial charge is 0.872 e. The minimum atomic E-state index is -0.749. The van der Waals surface area contributed by atoms with Gasteiger partial charge in [-0.25, -0.2) is 9.59 Å². The van der Waals surface area contributed by atoms with Gasteiger partial charge in [-0.2, -0.15) is 0 Å². The van der Waals surface area contributed by atoms with Crippen molar-refractivity contribution in [3.63, 3.8) is 0 Å². The summed E-state index contributed by atoms with van der Waals surface area (Å²) in [7, 11) is 0. The molecule has 1 radical (unpaired) electrons. The van der Waals surface area contributed by atoms with E-state index in [9.17, 15) is 30.0 Å². The quantitative estimate of drug-likeness (QED) is 0.196. The fourth-order valence-corrected chi connectivity index (χ4v) is 4.31. The molecule has 173 valence electrons. The molecule has 0 atom stereocenters. The third-order valence-electron chi connectivity index (χ3n) is 5.89. The topological polar surface area (TPSA) is 147 Å². The maximum Gasteiger partial charge on any atom is 0.344 e. The van der Waals surface area contributed by atoms with Crippen LogP contribution >= 0.6 is 0 Å². The van der Waals surface area contributed by atoms with Gasteiger partial charge in [0.25, 0.3) is 0 Å². The van der Waals surface area contributed by atoms with Crippen LogP contribution in [0.5, 0.6) is 23.0 Å². The van der Waals surface area contributed by atoms with Gasteiger partial charge >= 0.3 is 11.3 Å². The van der Waals surface area contributed by atoms with E-state index in [4.69, 9.17) is 8.83 Å². The fraction of sp³-hybridized carbons (Fsp3) is 0. The molecule has 0 spiro atoms. The number of hydrogen-bond donors (Lipinski definition) is 2. The minimum absolute atomic E-state index is 0. The van der Waals surface area contributed by atoms with Gasteiger partial charge in [0.15, 0.2) is 0 Å². The third kappa shape index (κ3) is 3.37. The number of rotatable bonds is 1. The van der Waals surface area contributed by atoms with E-state index in [1.807, 2.05) is 0 Å². The van der Waals surface area contributed by atoms with Crippen LogP contribution in [0.3, 0.4) is 0 Å². The zero-order valence-electron chi connectivity index (χ0n) is 17.5. The molecule has 0 unspecified atom stereocenters. The average Bonchev–Trinajstić information content (AvgIpc) is 2.79. The van der Waals surface area contributed by atoms with Crippen LogP contribution in [-0.4, -0.2) is 10.2 Å². The Morgan fingerprint density at radius 3 is 1.34 bits per heavy atom. The Labute approximate surface area is 205 Å². The van der Waals surface area contributed by atoms with Crippen molar-refractivity contribution in [3.8, 4) is 34.1 Å². The number of aromatic hydroxyl groups is 2. The molecule has 0 saturated heterocycles. The zero-order chi connectivity index (χ0) is 23.7. The molecular formula is C26H12MnO8-2. The van der Waals surface area contributed by atoms with Gasteiger partial charge < -0.3 is 29.3 Å². The molecule has 0 aliphatic carbocycles. The molecule has 0 aliphatic rings. The van der Waals surface area contributed by atoms with E-state index < -0.39 is 22.8 Å². The SMILES string of the molecule is O=c1oc2cc(O)ccc2c2cc(-c3cc4c(cc3[O-])c(=O)oc3cc(O)ccc34)c([O-])cc12.[Mn]. The van der Waals surface area contributed by atoms with E-state index >= 15 is 0 Å². The first-order chi connectivity index (χ1) is 16.3. The summed E-state index contributed by atoms with van der Waals surface area (Å²) < 4.78 is 10.5. The Balaban J connectivity index is 0.00000253. The van der Waals surface area contributed by atoms with Crippen LogP contribution in [0.25, 0.3) is 54.6 Å². The molecule has 35 heavy (non-hydrogen) atoms. The second-order valence-corrected chi connectivity index (χ2v) is 7.93. The van der Waals surface area contributed by atoms with Crippen LogP contribution in [0.2, 0.25) is 0 Å². The van der Waals surface area contributed by atoms with Crippen LogP contribution in [0.1, 0.15) is 0 Å². The number of phenolic OH excluding ortho intramolecular Hbond substituents is 2. The van der Waals surface area contributed by atoms with Crippen molar-refractivity contribution in [2.75, 3.05) is 0 Å². The maximum atomic E-state index is 13.0. The smallest absolute Gasteiger partial charge is 0.344 e. The first kappa shape index (κ1) is 22.3. The van der Waals surface area contributed by atoms with Crippen LogP contribution in [0.4, 0.5) is 0 Å². The van der Waals surface area contributed by atoms with Crippen molar-refractivity contribution in [1.82, 2.24) is 0 Å². The maximum absolute atomic E-state index is 13.0. The Kier molecular flexibility index (Phi) is 4.98. The summed E-state index contributed by atoms with van der Waals surface area (Å²) in [6, 6.07) is 13.6. The van der Waals surface area contributed by atoms with Crippen LogP contribution in [-0.2, 0) is 17.1 Å². The fourth-order valence-electron chi connectivity index (χ4n) is 4.31. The van der Waals surface area contributed by atoms with Gasteiger partial charge in [0.05, 0.1) is 10.8 Å². The van der Waals surface area contributed by atoms with Crippen molar-refractivity contribution in [3.05, 3.63) is 81.5 Å². The van der Waals surface area contributed by atoms with Crippen LogP contribution in [0, 0.1) is 0 Å². The molecular weight excluding hydrogens is 495 g/mol. The molecule has 6 rings (SSSR count). The van der Waals surface area contributed by atoms with Gasteiger partial charge in [-0.1, -0.05) is 12.1 Å². The molecule has 6 aromatic rings. The Hall–Kier alpha value is -4.46. The van der Waals surface area contributed by atoms with Gasteiger partial charge in [0.2, 0.25) is 0 Å². The molecule has 0 bridgehead atoms. The molecule has 0 saturated carbocycles. The summed E-state index contributed by atoms with van der Waals surface area (Å²) in [5.74, 6) is -1.33. The molecule has 9 heteroatoms. The molecule has 0 aliphatic heterocycles. The first-order valence-electron chi connectivity index (χ1n) is 10.1.